The highest BCUT2D eigenvalue weighted by atomic mass is 16.5. The Morgan fingerprint density at radius 2 is 2.21 bits per heavy atom. The number of hydrogen-bond acceptors (Lipinski definition) is 3. The van der Waals surface area contributed by atoms with Crippen LogP contribution >= 0.6 is 0 Å². The fraction of sp³-hybridized carbons (Fsp3) is 0.600. The van der Waals surface area contributed by atoms with E-state index < -0.39 is 5.97 Å². The van der Waals surface area contributed by atoms with E-state index in [-0.39, 0.29) is 11.9 Å². The van der Waals surface area contributed by atoms with Gasteiger partial charge in [0.1, 0.15) is 0 Å². The van der Waals surface area contributed by atoms with Crippen molar-refractivity contribution in [2.75, 3.05) is 0 Å². The zero-order valence-corrected chi connectivity index (χ0v) is 8.74. The van der Waals surface area contributed by atoms with Crippen molar-refractivity contribution in [1.29, 1.82) is 0 Å². The number of carbonyl (C=O) groups is 2. The molecule has 1 N–H and O–H groups in total. The zero-order valence-electron chi connectivity index (χ0n) is 8.74. The van der Waals surface area contributed by atoms with Crippen LogP contribution in [0.5, 0.6) is 0 Å². The van der Waals surface area contributed by atoms with Crippen molar-refractivity contribution in [3.63, 3.8) is 0 Å². The Kier molecular flexibility index (Phi) is 5.60. The average molecular weight is 200 g/mol. The summed E-state index contributed by atoms with van der Waals surface area (Å²) < 4.78 is 4.98. The highest BCUT2D eigenvalue weighted by Gasteiger charge is 2.18. The molecule has 0 amide bonds. The lowest BCUT2D eigenvalue weighted by molar-refractivity contribution is -0.137. The first-order chi connectivity index (χ1) is 6.47. The highest BCUT2D eigenvalue weighted by Crippen LogP contribution is 2.11. The summed E-state index contributed by atoms with van der Waals surface area (Å²) in [7, 11) is 0. The molecule has 1 aliphatic heterocycles. The van der Waals surface area contributed by atoms with E-state index in [0.717, 1.165) is 12.2 Å². The second-order valence-corrected chi connectivity index (χ2v) is 3.06. The second kappa shape index (κ2) is 6.18. The van der Waals surface area contributed by atoms with Crippen molar-refractivity contribution in [2.45, 2.75) is 39.7 Å². The van der Waals surface area contributed by atoms with Crippen LogP contribution in [-0.4, -0.2) is 23.0 Å². The Morgan fingerprint density at radius 1 is 1.64 bits per heavy atom. The van der Waals surface area contributed by atoms with Crippen LogP contribution in [-0.2, 0) is 14.3 Å². The molecule has 0 saturated heterocycles. The minimum atomic E-state index is -0.711. The number of hydrogen-bond donors (Lipinski definition) is 1. The van der Waals surface area contributed by atoms with Crippen LogP contribution < -0.4 is 0 Å². The normalized spacial score (nSPS) is 19.2. The molecule has 1 atom stereocenters. The van der Waals surface area contributed by atoms with Crippen LogP contribution in [0.15, 0.2) is 11.8 Å². The Balaban J connectivity index is 0.000000255. The summed E-state index contributed by atoms with van der Waals surface area (Å²) in [5, 5.41) is 7.91. The molecule has 1 rings (SSSR count). The standard InChI is InChI=1S/C6H8O2.C4H8O2/c1-4-3-6(7)5(2)8-4;1-2-3-4(5)6/h3,5H,1-2H3;2-3H2,1H3,(H,5,6). The third-order valence-corrected chi connectivity index (χ3v) is 1.57. The van der Waals surface area contributed by atoms with Gasteiger partial charge in [0.15, 0.2) is 11.9 Å². The van der Waals surface area contributed by atoms with Gasteiger partial charge >= 0.3 is 5.97 Å². The molecule has 1 heterocycles. The third kappa shape index (κ3) is 5.35. The molecule has 0 aliphatic carbocycles. The van der Waals surface area contributed by atoms with Crippen LogP contribution in [0.1, 0.15) is 33.6 Å². The van der Waals surface area contributed by atoms with Crippen molar-refractivity contribution in [3.05, 3.63) is 11.8 Å². The first-order valence-electron chi connectivity index (χ1n) is 4.58. The first kappa shape index (κ1) is 12.7. The summed E-state index contributed by atoms with van der Waals surface area (Å²) in [5.41, 5.74) is 0. The van der Waals surface area contributed by atoms with Crippen molar-refractivity contribution in [3.8, 4) is 0 Å². The van der Waals surface area contributed by atoms with Gasteiger partial charge in [-0.3, -0.25) is 9.59 Å². The molecule has 0 bridgehead atoms. The topological polar surface area (TPSA) is 63.6 Å². The molecule has 1 unspecified atom stereocenters. The van der Waals surface area contributed by atoms with Crippen LogP contribution in [0.4, 0.5) is 0 Å². The van der Waals surface area contributed by atoms with Gasteiger partial charge in [-0.1, -0.05) is 6.92 Å². The Bertz CT molecular complexity index is 243. The number of aliphatic carboxylic acids is 1. The lowest BCUT2D eigenvalue weighted by Gasteiger charge is -2.00. The molecule has 0 aromatic rings. The SMILES string of the molecule is CC1=CC(=O)C(C)O1.CCCC(=O)O. The number of carboxylic acids is 1. The number of carbonyl (C=O) groups excluding carboxylic acids is 1. The minimum absolute atomic E-state index is 0.0718. The number of rotatable bonds is 2. The van der Waals surface area contributed by atoms with Gasteiger partial charge in [0.2, 0.25) is 0 Å². The minimum Gasteiger partial charge on any atom is -0.487 e. The van der Waals surface area contributed by atoms with Crippen molar-refractivity contribution in [1.82, 2.24) is 0 Å². The maximum Gasteiger partial charge on any atom is 0.303 e. The van der Waals surface area contributed by atoms with E-state index in [0.29, 0.717) is 6.42 Å². The number of allylic oxidation sites excluding steroid dienone is 1. The fourth-order valence-electron chi connectivity index (χ4n) is 0.902. The molecule has 0 radical (unpaired) electrons. The lowest BCUT2D eigenvalue weighted by Crippen LogP contribution is -2.09. The summed E-state index contributed by atoms with van der Waals surface area (Å²) in [6.07, 6.45) is 2.30. The maximum absolute atomic E-state index is 10.6. The van der Waals surface area contributed by atoms with Crippen molar-refractivity contribution >= 4 is 11.8 Å². The van der Waals surface area contributed by atoms with Crippen molar-refractivity contribution in [2.24, 2.45) is 0 Å². The van der Waals surface area contributed by atoms with Crippen LogP contribution in [0, 0.1) is 0 Å². The predicted octanol–water partition coefficient (Wildman–Crippen LogP) is 1.75. The smallest absolute Gasteiger partial charge is 0.303 e. The molecular weight excluding hydrogens is 184 g/mol. The quantitative estimate of drug-likeness (QED) is 0.737. The van der Waals surface area contributed by atoms with Crippen molar-refractivity contribution < 1.29 is 19.4 Å². The molecule has 0 aromatic heterocycles. The fourth-order valence-corrected chi connectivity index (χ4v) is 0.902. The molecule has 0 fully saturated rings. The van der Waals surface area contributed by atoms with Crippen LogP contribution in [0.2, 0.25) is 0 Å². The molecule has 14 heavy (non-hydrogen) atoms. The van der Waals surface area contributed by atoms with Gasteiger partial charge in [-0.2, -0.15) is 0 Å². The van der Waals surface area contributed by atoms with Gasteiger partial charge < -0.3 is 9.84 Å². The summed E-state index contributed by atoms with van der Waals surface area (Å²) >= 11 is 0. The van der Waals surface area contributed by atoms with Gasteiger partial charge in [-0.15, -0.1) is 0 Å². The summed E-state index contributed by atoms with van der Waals surface area (Å²) in [4.78, 5) is 20.2. The van der Waals surface area contributed by atoms with E-state index in [4.69, 9.17) is 9.84 Å². The highest BCUT2D eigenvalue weighted by molar-refractivity contribution is 5.95. The Labute approximate surface area is 83.6 Å². The first-order valence-corrected chi connectivity index (χ1v) is 4.58. The summed E-state index contributed by atoms with van der Waals surface area (Å²) in [5.74, 6) is 0.0856. The molecule has 0 aromatic carbocycles. The van der Waals surface area contributed by atoms with E-state index in [9.17, 15) is 9.59 Å². The van der Waals surface area contributed by atoms with Crippen LogP contribution in [0.25, 0.3) is 0 Å². The second-order valence-electron chi connectivity index (χ2n) is 3.06. The van der Waals surface area contributed by atoms with E-state index in [1.165, 1.54) is 6.08 Å². The van der Waals surface area contributed by atoms with Gasteiger partial charge in [-0.05, 0) is 20.3 Å². The third-order valence-electron chi connectivity index (χ3n) is 1.57. The number of ether oxygens (including phenoxy) is 1. The summed E-state index contributed by atoms with van der Waals surface area (Å²) in [6.45, 7) is 5.37. The number of carboxylic acid groups (broad SMARTS) is 1. The average Bonchev–Trinajstić information content (AvgIpc) is 2.30. The predicted molar refractivity (Wildman–Crippen MR) is 51.9 cm³/mol. The monoisotopic (exact) mass is 200 g/mol. The molecule has 1 aliphatic rings. The van der Waals surface area contributed by atoms with E-state index >= 15 is 0 Å². The van der Waals surface area contributed by atoms with Gasteiger partial charge in [0, 0.05) is 12.5 Å². The maximum atomic E-state index is 10.6. The van der Waals surface area contributed by atoms with Gasteiger partial charge in [-0.25, -0.2) is 0 Å². The van der Waals surface area contributed by atoms with Crippen LogP contribution in [0.3, 0.4) is 0 Å². The van der Waals surface area contributed by atoms with E-state index in [2.05, 4.69) is 0 Å². The summed E-state index contributed by atoms with van der Waals surface area (Å²) in [6, 6.07) is 0. The number of ketones is 1. The zero-order chi connectivity index (χ0) is 11.1. The van der Waals surface area contributed by atoms with Gasteiger partial charge in [0.25, 0.3) is 0 Å². The Morgan fingerprint density at radius 3 is 2.29 bits per heavy atom. The molecule has 0 spiro atoms. The van der Waals surface area contributed by atoms with Gasteiger partial charge in [0.05, 0.1) is 5.76 Å². The van der Waals surface area contributed by atoms with E-state index in [1.54, 1.807) is 13.8 Å². The molecule has 4 nitrogen and oxygen atoms in total. The molecule has 0 saturated carbocycles. The molecular formula is C10H16O4. The largest absolute Gasteiger partial charge is 0.487 e. The lowest BCUT2D eigenvalue weighted by atomic mass is 10.3. The molecule has 4 heteroatoms. The Hall–Kier alpha value is -1.32. The molecule has 80 valence electrons. The van der Waals surface area contributed by atoms with E-state index in [1.807, 2.05) is 6.92 Å².